The van der Waals surface area contributed by atoms with Gasteiger partial charge in [0, 0.05) is 17.4 Å². The Kier molecular flexibility index (Phi) is 6.21. The Labute approximate surface area is 159 Å². The van der Waals surface area contributed by atoms with Gasteiger partial charge >= 0.3 is 6.09 Å². The van der Waals surface area contributed by atoms with E-state index in [4.69, 9.17) is 4.74 Å². The molecule has 1 N–H and O–H groups in total. The first-order chi connectivity index (χ1) is 11.5. The SMILES string of the molecule is CC(C)C1(CCC(C)(C)O)CCN([C@@H](C)c2ccc(Br)cc2)C(=O)O1. The Morgan fingerprint density at radius 3 is 2.36 bits per heavy atom. The van der Waals surface area contributed by atoms with Crippen LogP contribution in [0.4, 0.5) is 4.79 Å². The van der Waals surface area contributed by atoms with Crippen LogP contribution in [0.2, 0.25) is 0 Å². The van der Waals surface area contributed by atoms with Crippen molar-refractivity contribution in [3.05, 3.63) is 34.3 Å². The van der Waals surface area contributed by atoms with Gasteiger partial charge < -0.3 is 14.7 Å². The Hall–Kier alpha value is -1.07. The van der Waals surface area contributed by atoms with Crippen molar-refractivity contribution in [2.24, 2.45) is 5.92 Å². The molecule has 1 fully saturated rings. The lowest BCUT2D eigenvalue weighted by Gasteiger charge is -2.46. The molecule has 1 aromatic rings. The summed E-state index contributed by atoms with van der Waals surface area (Å²) in [5.41, 5.74) is -0.155. The highest BCUT2D eigenvalue weighted by Crippen LogP contribution is 2.39. The quantitative estimate of drug-likeness (QED) is 0.690. The Morgan fingerprint density at radius 2 is 1.88 bits per heavy atom. The predicted octanol–water partition coefficient (Wildman–Crippen LogP) is 5.30. The maximum atomic E-state index is 12.8. The van der Waals surface area contributed by atoms with E-state index in [1.807, 2.05) is 31.2 Å². The molecule has 0 saturated carbocycles. The molecule has 140 valence electrons. The molecule has 1 aromatic carbocycles. The zero-order valence-electron chi connectivity index (χ0n) is 15.9. The summed E-state index contributed by atoms with van der Waals surface area (Å²) in [4.78, 5) is 14.6. The summed E-state index contributed by atoms with van der Waals surface area (Å²) in [6.07, 6.45) is 1.82. The average Bonchev–Trinajstić information content (AvgIpc) is 2.52. The molecule has 1 heterocycles. The van der Waals surface area contributed by atoms with Gasteiger partial charge in [0.25, 0.3) is 0 Å². The van der Waals surface area contributed by atoms with Gasteiger partial charge in [0.1, 0.15) is 5.60 Å². The molecule has 0 spiro atoms. The third-order valence-electron chi connectivity index (χ3n) is 5.33. The first-order valence-corrected chi connectivity index (χ1v) is 9.81. The topological polar surface area (TPSA) is 49.8 Å². The molecule has 1 aliphatic rings. The summed E-state index contributed by atoms with van der Waals surface area (Å²) in [6, 6.07) is 8.01. The van der Waals surface area contributed by atoms with E-state index in [9.17, 15) is 9.90 Å². The Bertz CT molecular complexity index is 594. The number of rotatable bonds is 6. The van der Waals surface area contributed by atoms with Crippen LogP contribution in [0.1, 0.15) is 65.5 Å². The molecular weight excluding hydrogens is 382 g/mol. The fourth-order valence-corrected chi connectivity index (χ4v) is 3.61. The largest absolute Gasteiger partial charge is 0.442 e. The van der Waals surface area contributed by atoms with Crippen LogP contribution >= 0.6 is 15.9 Å². The number of cyclic esters (lactones) is 1. The lowest BCUT2D eigenvalue weighted by molar-refractivity contribution is -0.0968. The highest BCUT2D eigenvalue weighted by atomic mass is 79.9. The van der Waals surface area contributed by atoms with E-state index in [1.54, 1.807) is 18.7 Å². The zero-order chi connectivity index (χ0) is 18.8. The molecule has 0 bridgehead atoms. The van der Waals surface area contributed by atoms with Crippen molar-refractivity contribution < 1.29 is 14.6 Å². The monoisotopic (exact) mass is 411 g/mol. The molecule has 4 nitrogen and oxygen atoms in total. The van der Waals surface area contributed by atoms with Crippen LogP contribution < -0.4 is 0 Å². The molecule has 1 unspecified atom stereocenters. The van der Waals surface area contributed by atoms with E-state index in [-0.39, 0.29) is 18.1 Å². The third kappa shape index (κ3) is 4.98. The van der Waals surface area contributed by atoms with E-state index >= 15 is 0 Å². The van der Waals surface area contributed by atoms with Gasteiger partial charge in [-0.1, -0.05) is 41.9 Å². The normalized spacial score (nSPS) is 22.9. The molecule has 1 amide bonds. The Balaban J connectivity index is 2.11. The number of hydrogen-bond donors (Lipinski definition) is 1. The van der Waals surface area contributed by atoms with Gasteiger partial charge in [0.05, 0.1) is 11.6 Å². The molecular formula is C20H30BrNO3. The number of hydrogen-bond acceptors (Lipinski definition) is 3. The Morgan fingerprint density at radius 1 is 1.28 bits per heavy atom. The highest BCUT2D eigenvalue weighted by Gasteiger charge is 2.44. The van der Waals surface area contributed by atoms with Gasteiger partial charge in [0.15, 0.2) is 0 Å². The van der Waals surface area contributed by atoms with Crippen LogP contribution in [-0.4, -0.2) is 33.8 Å². The van der Waals surface area contributed by atoms with Gasteiger partial charge in [-0.15, -0.1) is 0 Å². The van der Waals surface area contributed by atoms with Crippen molar-refractivity contribution in [1.29, 1.82) is 0 Å². The minimum Gasteiger partial charge on any atom is -0.442 e. The molecule has 25 heavy (non-hydrogen) atoms. The van der Waals surface area contributed by atoms with Crippen molar-refractivity contribution in [3.63, 3.8) is 0 Å². The average molecular weight is 412 g/mol. The summed E-state index contributed by atoms with van der Waals surface area (Å²) in [6.45, 7) is 10.5. The molecule has 1 saturated heterocycles. The van der Waals surface area contributed by atoms with Crippen LogP contribution in [0.15, 0.2) is 28.7 Å². The second-order valence-electron chi connectivity index (χ2n) is 8.07. The van der Waals surface area contributed by atoms with Crippen LogP contribution in [-0.2, 0) is 4.74 Å². The maximum Gasteiger partial charge on any atom is 0.410 e. The molecule has 2 rings (SSSR count). The number of carbonyl (C=O) groups excluding carboxylic acids is 1. The minimum atomic E-state index is -0.754. The van der Waals surface area contributed by atoms with Gasteiger partial charge in [-0.25, -0.2) is 4.79 Å². The van der Waals surface area contributed by atoms with Crippen LogP contribution in [0, 0.1) is 5.92 Å². The van der Waals surface area contributed by atoms with Crippen LogP contribution in [0.25, 0.3) is 0 Å². The van der Waals surface area contributed by atoms with Crippen molar-refractivity contribution in [2.45, 2.75) is 71.1 Å². The lowest BCUT2D eigenvalue weighted by atomic mass is 9.79. The van der Waals surface area contributed by atoms with Gasteiger partial charge in [0.2, 0.25) is 0 Å². The maximum absolute atomic E-state index is 12.8. The summed E-state index contributed by atoms with van der Waals surface area (Å²) in [5.74, 6) is 0.212. The molecule has 0 aliphatic carbocycles. The number of benzene rings is 1. The first-order valence-electron chi connectivity index (χ1n) is 9.01. The van der Waals surface area contributed by atoms with Gasteiger partial charge in [-0.3, -0.25) is 0 Å². The molecule has 0 radical (unpaired) electrons. The van der Waals surface area contributed by atoms with Crippen LogP contribution in [0.5, 0.6) is 0 Å². The number of aliphatic hydroxyl groups is 1. The standard InChI is InChI=1S/C20H30BrNO3/c1-14(2)20(11-10-19(4,5)24)12-13-22(18(23)25-20)15(3)16-6-8-17(21)9-7-16/h6-9,14-15,24H,10-13H2,1-5H3/t15-,20?/m0/s1. The summed E-state index contributed by atoms with van der Waals surface area (Å²) < 4.78 is 7.00. The third-order valence-corrected chi connectivity index (χ3v) is 5.86. The van der Waals surface area contributed by atoms with Gasteiger partial charge in [-0.2, -0.15) is 0 Å². The number of amides is 1. The first kappa shape index (κ1) is 20.2. The summed E-state index contributed by atoms with van der Waals surface area (Å²) >= 11 is 3.44. The summed E-state index contributed by atoms with van der Waals surface area (Å²) in [5, 5.41) is 10.1. The number of carbonyl (C=O) groups is 1. The molecule has 1 aliphatic heterocycles. The van der Waals surface area contributed by atoms with E-state index in [0.717, 1.165) is 16.5 Å². The fraction of sp³-hybridized carbons (Fsp3) is 0.650. The molecule has 2 atom stereocenters. The fourth-order valence-electron chi connectivity index (χ4n) is 3.35. The number of nitrogens with zero attached hydrogens (tertiary/aromatic N) is 1. The highest BCUT2D eigenvalue weighted by molar-refractivity contribution is 9.10. The van der Waals surface area contributed by atoms with Crippen LogP contribution in [0.3, 0.4) is 0 Å². The second-order valence-corrected chi connectivity index (χ2v) is 8.99. The molecule has 0 aromatic heterocycles. The zero-order valence-corrected chi connectivity index (χ0v) is 17.5. The number of ether oxygens (including phenoxy) is 1. The lowest BCUT2D eigenvalue weighted by Crippen LogP contribution is -2.53. The summed E-state index contributed by atoms with van der Waals surface area (Å²) in [7, 11) is 0. The van der Waals surface area contributed by atoms with E-state index in [0.29, 0.717) is 19.4 Å². The second kappa shape index (κ2) is 7.67. The van der Waals surface area contributed by atoms with E-state index in [1.165, 1.54) is 0 Å². The van der Waals surface area contributed by atoms with Crippen molar-refractivity contribution in [3.8, 4) is 0 Å². The van der Waals surface area contributed by atoms with Crippen molar-refractivity contribution in [1.82, 2.24) is 4.90 Å². The van der Waals surface area contributed by atoms with Crippen molar-refractivity contribution >= 4 is 22.0 Å². The smallest absolute Gasteiger partial charge is 0.410 e. The van der Waals surface area contributed by atoms with E-state index < -0.39 is 11.2 Å². The van der Waals surface area contributed by atoms with E-state index in [2.05, 4.69) is 29.8 Å². The predicted molar refractivity (Wildman–Crippen MR) is 103 cm³/mol. The minimum absolute atomic E-state index is 0.0277. The van der Waals surface area contributed by atoms with Crippen molar-refractivity contribution in [2.75, 3.05) is 6.54 Å². The number of halogens is 1. The van der Waals surface area contributed by atoms with Gasteiger partial charge in [-0.05, 0) is 57.2 Å². The molecule has 5 heteroatoms.